The Kier molecular flexibility index (Phi) is 4.85. The highest BCUT2D eigenvalue weighted by atomic mass is 16.3. The normalized spacial score (nSPS) is 15.2. The van der Waals surface area contributed by atoms with Gasteiger partial charge in [-0.05, 0) is 24.5 Å². The van der Waals surface area contributed by atoms with Gasteiger partial charge in [0.2, 0.25) is 0 Å². The van der Waals surface area contributed by atoms with Crippen LogP contribution in [-0.4, -0.2) is 0 Å². The lowest BCUT2D eigenvalue weighted by Crippen LogP contribution is -2.29. The summed E-state index contributed by atoms with van der Waals surface area (Å²) in [4.78, 5) is 0. The van der Waals surface area contributed by atoms with Crippen LogP contribution in [0.5, 0.6) is 0 Å². The second kappa shape index (κ2) is 5.93. The number of hydrazine groups is 1. The first-order chi connectivity index (χ1) is 7.21. The molecule has 0 radical (unpaired) electrons. The molecule has 0 aliphatic rings. The Morgan fingerprint density at radius 1 is 1.40 bits per heavy atom. The van der Waals surface area contributed by atoms with E-state index in [1.807, 2.05) is 12.1 Å². The molecular weight excluding hydrogens is 188 g/mol. The van der Waals surface area contributed by atoms with Crippen LogP contribution in [-0.2, 0) is 6.42 Å². The van der Waals surface area contributed by atoms with Crippen molar-refractivity contribution in [2.75, 3.05) is 0 Å². The average molecular weight is 210 g/mol. The summed E-state index contributed by atoms with van der Waals surface area (Å²) in [5.41, 5.74) is 2.83. The van der Waals surface area contributed by atoms with Gasteiger partial charge in [-0.15, -0.1) is 0 Å². The molecule has 0 aromatic carbocycles. The van der Waals surface area contributed by atoms with Crippen LogP contribution in [0.25, 0.3) is 0 Å². The van der Waals surface area contributed by atoms with Gasteiger partial charge >= 0.3 is 0 Å². The van der Waals surface area contributed by atoms with Crippen molar-refractivity contribution in [1.29, 1.82) is 0 Å². The van der Waals surface area contributed by atoms with Gasteiger partial charge in [0.25, 0.3) is 0 Å². The summed E-state index contributed by atoms with van der Waals surface area (Å²) in [6.07, 6.45) is 3.11. The highest BCUT2D eigenvalue weighted by Gasteiger charge is 2.16. The third-order valence-corrected chi connectivity index (χ3v) is 2.91. The van der Waals surface area contributed by atoms with Crippen molar-refractivity contribution in [3.8, 4) is 0 Å². The molecule has 1 aromatic rings. The van der Waals surface area contributed by atoms with Gasteiger partial charge in [0.05, 0.1) is 6.04 Å². The lowest BCUT2D eigenvalue weighted by Gasteiger charge is -2.17. The molecule has 1 heterocycles. The van der Waals surface area contributed by atoms with Gasteiger partial charge in [-0.2, -0.15) is 0 Å². The summed E-state index contributed by atoms with van der Waals surface area (Å²) in [6.45, 7) is 6.51. The highest BCUT2D eigenvalue weighted by Crippen LogP contribution is 2.24. The van der Waals surface area contributed by atoms with Crippen LogP contribution in [0.4, 0.5) is 0 Å². The molecule has 0 spiro atoms. The molecule has 2 atom stereocenters. The van der Waals surface area contributed by atoms with E-state index in [1.165, 1.54) is 6.42 Å². The molecule has 3 N–H and O–H groups in total. The van der Waals surface area contributed by atoms with Crippen molar-refractivity contribution in [2.24, 2.45) is 11.8 Å². The van der Waals surface area contributed by atoms with Crippen LogP contribution < -0.4 is 11.3 Å². The Morgan fingerprint density at radius 2 is 2.13 bits per heavy atom. The van der Waals surface area contributed by atoms with Crippen molar-refractivity contribution in [2.45, 2.75) is 46.1 Å². The zero-order valence-electron chi connectivity index (χ0n) is 9.92. The first kappa shape index (κ1) is 12.3. The summed E-state index contributed by atoms with van der Waals surface area (Å²) in [5, 5.41) is 0. The van der Waals surface area contributed by atoms with Crippen molar-refractivity contribution >= 4 is 0 Å². The van der Waals surface area contributed by atoms with Crippen LogP contribution in [0.2, 0.25) is 0 Å². The third kappa shape index (κ3) is 3.36. The van der Waals surface area contributed by atoms with Gasteiger partial charge in [0.15, 0.2) is 0 Å². The average Bonchev–Trinajstić information content (AvgIpc) is 2.73. The number of rotatable bonds is 6. The van der Waals surface area contributed by atoms with Crippen LogP contribution in [0, 0.1) is 5.92 Å². The SMILES string of the molecule is CCc1ccc(C(CC(C)CC)NN)o1. The lowest BCUT2D eigenvalue weighted by atomic mass is 9.98. The van der Waals surface area contributed by atoms with Crippen molar-refractivity contribution in [1.82, 2.24) is 5.43 Å². The molecular formula is C12H22N2O. The van der Waals surface area contributed by atoms with Crippen LogP contribution in [0.15, 0.2) is 16.5 Å². The second-order valence-electron chi connectivity index (χ2n) is 4.13. The Bertz CT molecular complexity index is 283. The summed E-state index contributed by atoms with van der Waals surface area (Å²) >= 11 is 0. The van der Waals surface area contributed by atoms with E-state index >= 15 is 0 Å². The third-order valence-electron chi connectivity index (χ3n) is 2.91. The van der Waals surface area contributed by atoms with Crippen molar-refractivity contribution < 1.29 is 4.42 Å². The van der Waals surface area contributed by atoms with Crippen molar-refractivity contribution in [3.05, 3.63) is 23.7 Å². The van der Waals surface area contributed by atoms with Crippen molar-refractivity contribution in [3.63, 3.8) is 0 Å². The maximum absolute atomic E-state index is 5.69. The first-order valence-electron chi connectivity index (χ1n) is 5.75. The fourth-order valence-corrected chi connectivity index (χ4v) is 1.61. The van der Waals surface area contributed by atoms with Gasteiger partial charge in [-0.25, -0.2) is 5.43 Å². The minimum Gasteiger partial charge on any atom is -0.464 e. The Hall–Kier alpha value is -0.800. The van der Waals surface area contributed by atoms with Crippen LogP contribution >= 0.6 is 0 Å². The van der Waals surface area contributed by atoms with Gasteiger partial charge in [-0.3, -0.25) is 5.84 Å². The topological polar surface area (TPSA) is 51.2 Å². The van der Waals surface area contributed by atoms with E-state index in [9.17, 15) is 0 Å². The minimum absolute atomic E-state index is 0.139. The predicted octanol–water partition coefficient (Wildman–Crippen LogP) is 2.78. The number of nitrogens with two attached hydrogens (primary N) is 1. The molecule has 3 nitrogen and oxygen atoms in total. The van der Waals surface area contributed by atoms with E-state index in [0.29, 0.717) is 5.92 Å². The lowest BCUT2D eigenvalue weighted by molar-refractivity contribution is 0.341. The Labute approximate surface area is 92.0 Å². The van der Waals surface area contributed by atoms with E-state index in [2.05, 4.69) is 26.2 Å². The van der Waals surface area contributed by atoms with E-state index < -0.39 is 0 Å². The second-order valence-corrected chi connectivity index (χ2v) is 4.13. The molecule has 0 saturated heterocycles. The Morgan fingerprint density at radius 3 is 2.60 bits per heavy atom. The first-order valence-corrected chi connectivity index (χ1v) is 5.75. The quantitative estimate of drug-likeness (QED) is 0.560. The highest BCUT2D eigenvalue weighted by molar-refractivity contribution is 5.10. The number of hydrogen-bond donors (Lipinski definition) is 2. The molecule has 0 aliphatic carbocycles. The fourth-order valence-electron chi connectivity index (χ4n) is 1.61. The monoisotopic (exact) mass is 210 g/mol. The number of furan rings is 1. The maximum atomic E-state index is 5.69. The number of hydrogen-bond acceptors (Lipinski definition) is 3. The zero-order valence-corrected chi connectivity index (χ0v) is 9.92. The molecule has 1 aromatic heterocycles. The molecule has 0 bridgehead atoms. The number of nitrogens with one attached hydrogen (secondary N) is 1. The predicted molar refractivity (Wildman–Crippen MR) is 62.2 cm³/mol. The molecule has 0 amide bonds. The van der Waals surface area contributed by atoms with E-state index in [1.54, 1.807) is 0 Å². The van der Waals surface area contributed by atoms with E-state index in [0.717, 1.165) is 24.4 Å². The molecule has 2 unspecified atom stereocenters. The summed E-state index contributed by atoms with van der Waals surface area (Å²) in [7, 11) is 0. The van der Waals surface area contributed by atoms with Gasteiger partial charge in [-0.1, -0.05) is 27.2 Å². The van der Waals surface area contributed by atoms with Gasteiger partial charge < -0.3 is 4.42 Å². The fraction of sp³-hybridized carbons (Fsp3) is 0.667. The summed E-state index contributed by atoms with van der Waals surface area (Å²) in [5.74, 6) is 8.18. The largest absolute Gasteiger partial charge is 0.464 e. The summed E-state index contributed by atoms with van der Waals surface area (Å²) in [6, 6.07) is 4.18. The summed E-state index contributed by atoms with van der Waals surface area (Å²) < 4.78 is 5.69. The number of aryl methyl sites for hydroxylation is 1. The minimum atomic E-state index is 0.139. The Balaban J connectivity index is 2.65. The van der Waals surface area contributed by atoms with Crippen LogP contribution in [0.1, 0.15) is 51.2 Å². The molecule has 0 aliphatic heterocycles. The van der Waals surface area contributed by atoms with E-state index in [-0.39, 0.29) is 6.04 Å². The van der Waals surface area contributed by atoms with Crippen LogP contribution in [0.3, 0.4) is 0 Å². The van der Waals surface area contributed by atoms with Gasteiger partial charge in [0.1, 0.15) is 11.5 Å². The molecule has 0 fully saturated rings. The smallest absolute Gasteiger partial charge is 0.122 e. The molecule has 0 saturated carbocycles. The molecule has 15 heavy (non-hydrogen) atoms. The maximum Gasteiger partial charge on any atom is 0.122 e. The molecule has 86 valence electrons. The zero-order chi connectivity index (χ0) is 11.3. The molecule has 3 heteroatoms. The van der Waals surface area contributed by atoms with E-state index in [4.69, 9.17) is 10.3 Å². The van der Waals surface area contributed by atoms with Gasteiger partial charge in [0, 0.05) is 6.42 Å². The molecule has 1 rings (SSSR count). The standard InChI is InChI=1S/C12H22N2O/c1-4-9(3)8-11(14-13)12-7-6-10(5-2)15-12/h6-7,9,11,14H,4-5,8,13H2,1-3H3.